The van der Waals surface area contributed by atoms with Gasteiger partial charge in [0.05, 0.1) is 5.69 Å². The Kier molecular flexibility index (Phi) is 4.35. The molecule has 0 aromatic heterocycles. The largest absolute Gasteiger partial charge is 0.482 e. The summed E-state index contributed by atoms with van der Waals surface area (Å²) in [5.74, 6) is 0.346. The Hall–Kier alpha value is -2.08. The van der Waals surface area contributed by atoms with Gasteiger partial charge in [-0.15, -0.1) is 0 Å². The highest BCUT2D eigenvalue weighted by Crippen LogP contribution is 2.28. The number of aliphatic hydroxyl groups is 1. The Balaban J connectivity index is 1.93. The van der Waals surface area contributed by atoms with E-state index in [1.165, 1.54) is 0 Å². The van der Waals surface area contributed by atoms with Crippen LogP contribution < -0.4 is 15.4 Å². The van der Waals surface area contributed by atoms with Crippen molar-refractivity contribution in [1.29, 1.82) is 0 Å². The molecule has 19 heavy (non-hydrogen) atoms. The lowest BCUT2D eigenvalue weighted by atomic mass is 10.1. The Morgan fingerprint density at radius 1 is 1.47 bits per heavy atom. The van der Waals surface area contributed by atoms with Gasteiger partial charge >= 0.3 is 0 Å². The van der Waals surface area contributed by atoms with E-state index in [1.54, 1.807) is 12.1 Å². The smallest absolute Gasteiger partial charge is 0.262 e. The number of carbonyl (C=O) groups excluding carboxylic acids is 2. The first-order chi connectivity index (χ1) is 9.19. The molecule has 102 valence electrons. The normalized spacial score (nSPS) is 13.2. The molecule has 0 atom stereocenters. The van der Waals surface area contributed by atoms with Gasteiger partial charge in [-0.1, -0.05) is 6.07 Å². The third-order valence-corrected chi connectivity index (χ3v) is 2.73. The Morgan fingerprint density at radius 2 is 2.32 bits per heavy atom. The number of ether oxygens (including phenoxy) is 1. The number of benzene rings is 1. The molecule has 2 rings (SSSR count). The summed E-state index contributed by atoms with van der Waals surface area (Å²) in [7, 11) is 0. The average Bonchev–Trinajstić information content (AvgIpc) is 2.42. The van der Waals surface area contributed by atoms with E-state index in [9.17, 15) is 9.59 Å². The summed E-state index contributed by atoms with van der Waals surface area (Å²) in [6.45, 7) is 0.424. The zero-order chi connectivity index (χ0) is 13.7. The van der Waals surface area contributed by atoms with E-state index in [1.807, 2.05) is 6.07 Å². The van der Waals surface area contributed by atoms with Crippen LogP contribution in [0.2, 0.25) is 0 Å². The average molecular weight is 264 g/mol. The van der Waals surface area contributed by atoms with E-state index >= 15 is 0 Å². The summed E-state index contributed by atoms with van der Waals surface area (Å²) in [6, 6.07) is 5.38. The van der Waals surface area contributed by atoms with Crippen LogP contribution in [0.25, 0.3) is 0 Å². The van der Waals surface area contributed by atoms with Crippen molar-refractivity contribution in [2.45, 2.75) is 19.4 Å². The van der Waals surface area contributed by atoms with Crippen LogP contribution in [0.15, 0.2) is 18.2 Å². The maximum absolute atomic E-state index is 11.4. The van der Waals surface area contributed by atoms with E-state index in [-0.39, 0.29) is 25.0 Å². The minimum absolute atomic E-state index is 0.00956. The van der Waals surface area contributed by atoms with Gasteiger partial charge < -0.3 is 20.5 Å². The Labute approximate surface area is 110 Å². The Morgan fingerprint density at radius 3 is 3.11 bits per heavy atom. The molecule has 0 aliphatic carbocycles. The number of nitrogens with one attached hydrogen (secondary N) is 2. The molecule has 1 aromatic rings. The van der Waals surface area contributed by atoms with Gasteiger partial charge in [0.2, 0.25) is 5.91 Å². The summed E-state index contributed by atoms with van der Waals surface area (Å²) in [6.07, 6.45) is 0.765. The molecule has 6 nitrogen and oxygen atoms in total. The lowest BCUT2D eigenvalue weighted by molar-refractivity contribution is -0.121. The van der Waals surface area contributed by atoms with E-state index in [4.69, 9.17) is 9.84 Å². The number of hydrogen-bond donors (Lipinski definition) is 3. The maximum atomic E-state index is 11.4. The molecule has 0 saturated carbocycles. The van der Waals surface area contributed by atoms with Crippen molar-refractivity contribution in [3.05, 3.63) is 23.8 Å². The number of fused-ring (bicyclic) bond motifs is 1. The van der Waals surface area contributed by atoms with Crippen LogP contribution >= 0.6 is 0 Å². The second-order valence-electron chi connectivity index (χ2n) is 4.27. The summed E-state index contributed by atoms with van der Waals surface area (Å²) < 4.78 is 5.24. The SMILES string of the molecule is O=C(CCCO)NCc1ccc2c(c1)NC(=O)CO2. The number of rotatable bonds is 5. The quantitative estimate of drug-likeness (QED) is 0.718. The molecule has 0 saturated heterocycles. The maximum Gasteiger partial charge on any atom is 0.262 e. The van der Waals surface area contributed by atoms with Crippen LogP contribution in [-0.2, 0) is 16.1 Å². The van der Waals surface area contributed by atoms with Gasteiger partial charge in [-0.05, 0) is 24.1 Å². The predicted molar refractivity (Wildman–Crippen MR) is 68.7 cm³/mol. The molecule has 0 spiro atoms. The first-order valence-electron chi connectivity index (χ1n) is 6.12. The minimum Gasteiger partial charge on any atom is -0.482 e. The summed E-state index contributed by atoms with van der Waals surface area (Å²) in [5.41, 5.74) is 1.50. The van der Waals surface area contributed by atoms with Gasteiger partial charge in [0, 0.05) is 19.6 Å². The number of amides is 2. The predicted octanol–water partition coefficient (Wildman–Crippen LogP) is 0.406. The van der Waals surface area contributed by atoms with Crippen LogP contribution in [0, 0.1) is 0 Å². The molecule has 0 radical (unpaired) electrons. The summed E-state index contributed by atoms with van der Waals surface area (Å²) in [5, 5.41) is 14.1. The highest BCUT2D eigenvalue weighted by Gasteiger charge is 2.15. The molecule has 3 N–H and O–H groups in total. The van der Waals surface area contributed by atoms with Crippen LogP contribution in [0.4, 0.5) is 5.69 Å². The molecule has 0 fully saturated rings. The number of hydrogen-bond acceptors (Lipinski definition) is 4. The zero-order valence-corrected chi connectivity index (χ0v) is 10.4. The highest BCUT2D eigenvalue weighted by atomic mass is 16.5. The van der Waals surface area contributed by atoms with Crippen molar-refractivity contribution in [2.24, 2.45) is 0 Å². The van der Waals surface area contributed by atoms with Gasteiger partial charge in [-0.3, -0.25) is 9.59 Å². The lowest BCUT2D eigenvalue weighted by Crippen LogP contribution is -2.26. The van der Waals surface area contributed by atoms with Gasteiger partial charge in [-0.2, -0.15) is 0 Å². The minimum atomic E-state index is -0.184. The van der Waals surface area contributed by atoms with E-state index in [2.05, 4.69) is 10.6 Å². The molecule has 1 aliphatic heterocycles. The van der Waals surface area contributed by atoms with Gasteiger partial charge in [0.1, 0.15) is 5.75 Å². The first kappa shape index (κ1) is 13.4. The fraction of sp³-hybridized carbons (Fsp3) is 0.385. The van der Waals surface area contributed by atoms with Crippen LogP contribution in [0.5, 0.6) is 5.75 Å². The molecule has 0 bridgehead atoms. The second kappa shape index (κ2) is 6.19. The third-order valence-electron chi connectivity index (χ3n) is 2.73. The monoisotopic (exact) mass is 264 g/mol. The summed E-state index contributed by atoms with van der Waals surface area (Å²) >= 11 is 0. The molecular formula is C13H16N2O4. The standard InChI is InChI=1S/C13H16N2O4/c16-5-1-2-12(17)14-7-9-3-4-11-10(6-9)15-13(18)8-19-11/h3-4,6,16H,1-2,5,7-8H2,(H,14,17)(H,15,18). The van der Waals surface area contributed by atoms with Crippen LogP contribution in [0.3, 0.4) is 0 Å². The molecule has 1 aliphatic rings. The fourth-order valence-electron chi connectivity index (χ4n) is 1.77. The summed E-state index contributed by atoms with van der Waals surface area (Å²) in [4.78, 5) is 22.6. The lowest BCUT2D eigenvalue weighted by Gasteiger charge is -2.18. The number of anilines is 1. The van der Waals surface area contributed by atoms with Crippen LogP contribution in [0.1, 0.15) is 18.4 Å². The third kappa shape index (κ3) is 3.69. The van der Waals surface area contributed by atoms with Crippen molar-refractivity contribution in [3.63, 3.8) is 0 Å². The number of aliphatic hydroxyl groups excluding tert-OH is 1. The van der Waals surface area contributed by atoms with Crippen molar-refractivity contribution < 1.29 is 19.4 Å². The van der Waals surface area contributed by atoms with Crippen molar-refractivity contribution in [2.75, 3.05) is 18.5 Å². The van der Waals surface area contributed by atoms with Crippen molar-refractivity contribution >= 4 is 17.5 Å². The fourth-order valence-corrected chi connectivity index (χ4v) is 1.77. The molecule has 2 amide bonds. The molecule has 1 heterocycles. The van der Waals surface area contributed by atoms with E-state index in [0.29, 0.717) is 30.8 Å². The molecule has 0 unspecified atom stereocenters. The van der Waals surface area contributed by atoms with E-state index in [0.717, 1.165) is 5.56 Å². The van der Waals surface area contributed by atoms with Gasteiger partial charge in [0.15, 0.2) is 6.61 Å². The highest BCUT2D eigenvalue weighted by molar-refractivity contribution is 5.95. The number of carbonyl (C=O) groups is 2. The van der Waals surface area contributed by atoms with Crippen LogP contribution in [-0.4, -0.2) is 30.1 Å². The molecule has 1 aromatic carbocycles. The van der Waals surface area contributed by atoms with Gasteiger partial charge in [0.25, 0.3) is 5.91 Å². The zero-order valence-electron chi connectivity index (χ0n) is 10.4. The second-order valence-corrected chi connectivity index (χ2v) is 4.27. The molecular weight excluding hydrogens is 248 g/mol. The topological polar surface area (TPSA) is 87.7 Å². The first-order valence-corrected chi connectivity index (χ1v) is 6.12. The van der Waals surface area contributed by atoms with Crippen molar-refractivity contribution in [1.82, 2.24) is 5.32 Å². The van der Waals surface area contributed by atoms with Gasteiger partial charge in [-0.25, -0.2) is 0 Å². The van der Waals surface area contributed by atoms with E-state index < -0.39 is 0 Å². The molecule has 6 heteroatoms. The Bertz CT molecular complexity index is 488. The van der Waals surface area contributed by atoms with Crippen molar-refractivity contribution in [3.8, 4) is 5.75 Å².